The summed E-state index contributed by atoms with van der Waals surface area (Å²) in [5, 5.41) is 3.56. The highest BCUT2D eigenvalue weighted by molar-refractivity contribution is 6.30. The highest BCUT2D eigenvalue weighted by Crippen LogP contribution is 2.38. The van der Waals surface area contributed by atoms with E-state index < -0.39 is 0 Å². The van der Waals surface area contributed by atoms with Crippen LogP contribution in [-0.4, -0.2) is 17.5 Å². The van der Waals surface area contributed by atoms with Gasteiger partial charge >= 0.3 is 6.03 Å². The van der Waals surface area contributed by atoms with Crippen LogP contribution in [0.4, 0.5) is 10.5 Å². The van der Waals surface area contributed by atoms with E-state index in [1.54, 1.807) is 17.0 Å². The molecule has 1 aliphatic heterocycles. The van der Waals surface area contributed by atoms with Crippen LogP contribution < -0.4 is 5.32 Å². The van der Waals surface area contributed by atoms with Gasteiger partial charge in [0.25, 0.3) is 0 Å². The van der Waals surface area contributed by atoms with E-state index in [0.717, 1.165) is 16.8 Å². The average Bonchev–Trinajstić information content (AvgIpc) is 2.50. The number of anilines is 1. The van der Waals surface area contributed by atoms with Gasteiger partial charge in [0.1, 0.15) is 0 Å². The van der Waals surface area contributed by atoms with E-state index in [4.69, 9.17) is 11.6 Å². The van der Waals surface area contributed by atoms with Crippen LogP contribution in [0.2, 0.25) is 5.02 Å². The monoisotopic (exact) mass is 298 g/mol. The molecule has 4 heteroatoms. The second-order valence-electron chi connectivity index (χ2n) is 4.92. The van der Waals surface area contributed by atoms with Crippen LogP contribution in [0.1, 0.15) is 17.2 Å². The molecule has 2 amide bonds. The Balaban J connectivity index is 2.17. The molecule has 0 fully saturated rings. The summed E-state index contributed by atoms with van der Waals surface area (Å²) in [4.78, 5) is 14.1. The van der Waals surface area contributed by atoms with Crippen molar-refractivity contribution < 1.29 is 4.79 Å². The number of nitrogens with zero attached hydrogens (tertiary/aromatic N) is 1. The number of benzene rings is 2. The zero-order valence-corrected chi connectivity index (χ0v) is 12.2. The molecule has 21 heavy (non-hydrogen) atoms. The molecule has 1 N–H and O–H groups in total. The van der Waals surface area contributed by atoms with E-state index in [9.17, 15) is 4.79 Å². The van der Waals surface area contributed by atoms with Crippen molar-refractivity contribution in [3.8, 4) is 0 Å². The molecule has 1 heterocycles. The van der Waals surface area contributed by atoms with Crippen molar-refractivity contribution in [3.05, 3.63) is 77.3 Å². The molecule has 2 aromatic carbocycles. The maximum atomic E-state index is 12.3. The molecule has 0 aliphatic carbocycles. The van der Waals surface area contributed by atoms with Crippen molar-refractivity contribution in [1.29, 1.82) is 0 Å². The van der Waals surface area contributed by atoms with Crippen molar-refractivity contribution in [2.75, 3.05) is 11.9 Å². The molecule has 3 rings (SSSR count). The van der Waals surface area contributed by atoms with Gasteiger partial charge in [0, 0.05) is 22.8 Å². The van der Waals surface area contributed by atoms with E-state index in [1.165, 1.54) is 0 Å². The van der Waals surface area contributed by atoms with Crippen LogP contribution in [0, 0.1) is 0 Å². The molecule has 1 unspecified atom stereocenters. The normalized spacial score (nSPS) is 17.1. The standard InChI is InChI=1S/C17H15ClN2O/c1-2-10-20-16(12-6-4-3-5-7-12)14-11-13(18)8-9-15(14)19-17(20)21/h2-9,11,16H,1,10H2,(H,19,21). The molecule has 1 atom stereocenters. The van der Waals surface area contributed by atoms with Gasteiger partial charge in [-0.05, 0) is 23.8 Å². The van der Waals surface area contributed by atoms with Gasteiger partial charge in [-0.3, -0.25) is 0 Å². The number of hydrogen-bond donors (Lipinski definition) is 1. The number of rotatable bonds is 3. The Kier molecular flexibility index (Phi) is 3.67. The number of urea groups is 1. The van der Waals surface area contributed by atoms with E-state index >= 15 is 0 Å². The molecule has 0 spiro atoms. The maximum absolute atomic E-state index is 12.3. The van der Waals surface area contributed by atoms with E-state index in [1.807, 2.05) is 42.5 Å². The minimum Gasteiger partial charge on any atom is -0.310 e. The first-order valence-electron chi connectivity index (χ1n) is 6.73. The summed E-state index contributed by atoms with van der Waals surface area (Å²) in [6.45, 7) is 4.21. The molecule has 0 saturated carbocycles. The molecule has 0 aromatic heterocycles. The van der Waals surface area contributed by atoms with Gasteiger partial charge in [-0.2, -0.15) is 0 Å². The van der Waals surface area contributed by atoms with Crippen molar-refractivity contribution in [2.45, 2.75) is 6.04 Å². The third kappa shape index (κ3) is 2.52. The number of halogens is 1. The molecule has 2 aromatic rings. The first-order valence-corrected chi connectivity index (χ1v) is 7.11. The van der Waals surface area contributed by atoms with Gasteiger partial charge in [0.05, 0.1) is 6.04 Å². The number of amides is 2. The zero-order chi connectivity index (χ0) is 14.8. The molecular formula is C17H15ClN2O. The number of carbonyl (C=O) groups is 1. The van der Waals surface area contributed by atoms with Crippen molar-refractivity contribution in [2.24, 2.45) is 0 Å². The molecule has 3 nitrogen and oxygen atoms in total. The van der Waals surface area contributed by atoms with Crippen molar-refractivity contribution in [1.82, 2.24) is 4.90 Å². The minimum atomic E-state index is -0.161. The fourth-order valence-corrected chi connectivity index (χ4v) is 2.85. The van der Waals surface area contributed by atoms with Gasteiger partial charge in [-0.15, -0.1) is 6.58 Å². The van der Waals surface area contributed by atoms with Crippen LogP contribution in [0.25, 0.3) is 0 Å². The molecular weight excluding hydrogens is 284 g/mol. The summed E-state index contributed by atoms with van der Waals surface area (Å²) in [5.41, 5.74) is 2.85. The quantitative estimate of drug-likeness (QED) is 0.834. The topological polar surface area (TPSA) is 32.3 Å². The summed E-state index contributed by atoms with van der Waals surface area (Å²) in [7, 11) is 0. The van der Waals surface area contributed by atoms with E-state index in [0.29, 0.717) is 11.6 Å². The fraction of sp³-hybridized carbons (Fsp3) is 0.118. The largest absolute Gasteiger partial charge is 0.322 e. The third-order valence-electron chi connectivity index (χ3n) is 3.56. The maximum Gasteiger partial charge on any atom is 0.322 e. The molecule has 106 valence electrons. The van der Waals surface area contributed by atoms with Crippen LogP contribution in [0.3, 0.4) is 0 Å². The van der Waals surface area contributed by atoms with Crippen LogP contribution in [0.15, 0.2) is 61.2 Å². The predicted octanol–water partition coefficient (Wildman–Crippen LogP) is 4.46. The lowest BCUT2D eigenvalue weighted by atomic mass is 9.94. The molecule has 0 radical (unpaired) electrons. The summed E-state index contributed by atoms with van der Waals surface area (Å²) in [6.07, 6.45) is 1.73. The first kappa shape index (κ1) is 13.7. The lowest BCUT2D eigenvalue weighted by Gasteiger charge is -2.37. The summed E-state index contributed by atoms with van der Waals surface area (Å²) >= 11 is 6.14. The van der Waals surface area contributed by atoms with Crippen LogP contribution in [-0.2, 0) is 0 Å². The minimum absolute atomic E-state index is 0.126. The Labute approximate surface area is 128 Å². The van der Waals surface area contributed by atoms with Crippen molar-refractivity contribution in [3.63, 3.8) is 0 Å². The van der Waals surface area contributed by atoms with E-state index in [2.05, 4.69) is 11.9 Å². The average molecular weight is 299 g/mol. The summed E-state index contributed by atoms with van der Waals surface area (Å²) in [5.74, 6) is 0. The van der Waals surface area contributed by atoms with Crippen LogP contribution in [0.5, 0.6) is 0 Å². The molecule has 1 aliphatic rings. The Hall–Kier alpha value is -2.26. The number of nitrogens with one attached hydrogen (secondary N) is 1. The Morgan fingerprint density at radius 2 is 2.00 bits per heavy atom. The second-order valence-corrected chi connectivity index (χ2v) is 5.35. The SMILES string of the molecule is C=CCN1C(=O)Nc2ccc(Cl)cc2C1c1ccccc1. The van der Waals surface area contributed by atoms with E-state index in [-0.39, 0.29) is 12.1 Å². The smallest absolute Gasteiger partial charge is 0.310 e. The fourth-order valence-electron chi connectivity index (χ4n) is 2.67. The lowest BCUT2D eigenvalue weighted by Crippen LogP contribution is -2.42. The van der Waals surface area contributed by atoms with Crippen LogP contribution >= 0.6 is 11.6 Å². The van der Waals surface area contributed by atoms with Gasteiger partial charge < -0.3 is 10.2 Å². The third-order valence-corrected chi connectivity index (χ3v) is 3.80. The number of hydrogen-bond acceptors (Lipinski definition) is 1. The Morgan fingerprint density at radius 1 is 1.24 bits per heavy atom. The van der Waals surface area contributed by atoms with Crippen molar-refractivity contribution >= 4 is 23.3 Å². The highest BCUT2D eigenvalue weighted by atomic mass is 35.5. The summed E-state index contributed by atoms with van der Waals surface area (Å²) < 4.78 is 0. The number of carbonyl (C=O) groups excluding carboxylic acids is 1. The lowest BCUT2D eigenvalue weighted by molar-refractivity contribution is 0.202. The van der Waals surface area contributed by atoms with Gasteiger partial charge in [0.2, 0.25) is 0 Å². The highest BCUT2D eigenvalue weighted by Gasteiger charge is 2.32. The zero-order valence-electron chi connectivity index (χ0n) is 11.4. The number of fused-ring (bicyclic) bond motifs is 1. The van der Waals surface area contributed by atoms with Gasteiger partial charge in [-0.25, -0.2) is 4.79 Å². The summed E-state index contributed by atoms with van der Waals surface area (Å²) in [6, 6.07) is 15.2. The molecule has 0 saturated heterocycles. The first-order chi connectivity index (χ1) is 10.2. The second kappa shape index (κ2) is 5.62. The van der Waals surface area contributed by atoms with Gasteiger partial charge in [-0.1, -0.05) is 48.0 Å². The predicted molar refractivity (Wildman–Crippen MR) is 85.7 cm³/mol. The van der Waals surface area contributed by atoms with Gasteiger partial charge in [0.15, 0.2) is 0 Å². The Morgan fingerprint density at radius 3 is 2.71 bits per heavy atom. The Bertz CT molecular complexity index is 684. The molecule has 0 bridgehead atoms.